The fraction of sp³-hybridized carbons (Fsp3) is 0.500. The number of hydrogen-bond acceptors (Lipinski definition) is 2. The van der Waals surface area contributed by atoms with Crippen molar-refractivity contribution in [2.75, 3.05) is 13.1 Å². The molecule has 0 saturated carbocycles. The van der Waals surface area contributed by atoms with Crippen molar-refractivity contribution in [3.63, 3.8) is 0 Å². The van der Waals surface area contributed by atoms with Crippen LogP contribution in [0.2, 0.25) is 0 Å². The van der Waals surface area contributed by atoms with Gasteiger partial charge in [0.15, 0.2) is 0 Å². The second kappa shape index (κ2) is 6.95. The average molecular weight is 305 g/mol. The highest BCUT2D eigenvalue weighted by molar-refractivity contribution is 5.68. The molecular weight excluding hydrogens is 281 g/mol. The first-order chi connectivity index (χ1) is 10.3. The van der Waals surface area contributed by atoms with Crippen molar-refractivity contribution >= 4 is 12.2 Å². The standard InChI is InChI=1S/C18H24FNO2/c1-18(2,3)22-17(21)20-12-10-14(11-13-20)8-9-15-6-4-5-7-16(15)19/h4-9,14H,10-13H2,1-3H3. The summed E-state index contributed by atoms with van der Waals surface area (Å²) in [6, 6.07) is 6.74. The van der Waals surface area contributed by atoms with E-state index in [1.165, 1.54) is 6.07 Å². The van der Waals surface area contributed by atoms with Crippen molar-refractivity contribution in [2.45, 2.75) is 39.2 Å². The van der Waals surface area contributed by atoms with Gasteiger partial charge in [0, 0.05) is 18.7 Å². The number of benzene rings is 1. The van der Waals surface area contributed by atoms with E-state index in [1.54, 1.807) is 17.0 Å². The minimum Gasteiger partial charge on any atom is -0.444 e. The molecule has 1 amide bonds. The van der Waals surface area contributed by atoms with Gasteiger partial charge < -0.3 is 9.64 Å². The minimum atomic E-state index is -0.460. The van der Waals surface area contributed by atoms with Crippen molar-refractivity contribution in [2.24, 2.45) is 5.92 Å². The van der Waals surface area contributed by atoms with E-state index in [0.717, 1.165) is 12.8 Å². The molecule has 0 unspecified atom stereocenters. The number of likely N-dealkylation sites (tertiary alicyclic amines) is 1. The second-order valence-electron chi connectivity index (χ2n) is 6.69. The van der Waals surface area contributed by atoms with Gasteiger partial charge in [-0.3, -0.25) is 0 Å². The van der Waals surface area contributed by atoms with Gasteiger partial charge in [-0.25, -0.2) is 9.18 Å². The summed E-state index contributed by atoms with van der Waals surface area (Å²) in [5, 5.41) is 0. The Balaban J connectivity index is 1.85. The summed E-state index contributed by atoms with van der Waals surface area (Å²) >= 11 is 0. The van der Waals surface area contributed by atoms with Crippen molar-refractivity contribution < 1.29 is 13.9 Å². The predicted molar refractivity (Wildman–Crippen MR) is 86.0 cm³/mol. The molecule has 120 valence electrons. The van der Waals surface area contributed by atoms with Crippen LogP contribution in [0.4, 0.5) is 9.18 Å². The molecule has 0 aromatic heterocycles. The summed E-state index contributed by atoms with van der Waals surface area (Å²) in [6.45, 7) is 6.97. The van der Waals surface area contributed by atoms with Crippen LogP contribution in [-0.2, 0) is 4.74 Å². The molecule has 1 aromatic carbocycles. The molecule has 22 heavy (non-hydrogen) atoms. The molecule has 1 saturated heterocycles. The number of allylic oxidation sites excluding steroid dienone is 1. The van der Waals surface area contributed by atoms with Crippen molar-refractivity contribution in [3.05, 3.63) is 41.7 Å². The van der Waals surface area contributed by atoms with Crippen LogP contribution in [-0.4, -0.2) is 29.7 Å². The van der Waals surface area contributed by atoms with Gasteiger partial charge in [-0.15, -0.1) is 0 Å². The molecule has 1 aromatic rings. The average Bonchev–Trinajstić information content (AvgIpc) is 2.45. The summed E-state index contributed by atoms with van der Waals surface area (Å²) in [5.41, 5.74) is 0.149. The summed E-state index contributed by atoms with van der Waals surface area (Å²) in [6.07, 6.45) is 5.39. The van der Waals surface area contributed by atoms with Gasteiger partial charge in [0.2, 0.25) is 0 Å². The number of piperidine rings is 1. The Kier molecular flexibility index (Phi) is 5.22. The number of amides is 1. The molecule has 1 aliphatic heterocycles. The zero-order valence-electron chi connectivity index (χ0n) is 13.5. The minimum absolute atomic E-state index is 0.204. The van der Waals surface area contributed by atoms with Crippen LogP contribution < -0.4 is 0 Å². The third-order valence-electron chi connectivity index (χ3n) is 3.64. The zero-order chi connectivity index (χ0) is 16.2. The lowest BCUT2D eigenvalue weighted by molar-refractivity contribution is 0.0197. The number of hydrogen-bond donors (Lipinski definition) is 0. The van der Waals surface area contributed by atoms with E-state index < -0.39 is 5.60 Å². The van der Waals surface area contributed by atoms with Crippen molar-refractivity contribution in [1.29, 1.82) is 0 Å². The first-order valence-corrected chi connectivity index (χ1v) is 7.76. The SMILES string of the molecule is CC(C)(C)OC(=O)N1CCC(C=Cc2ccccc2F)CC1. The molecule has 0 bridgehead atoms. The first-order valence-electron chi connectivity index (χ1n) is 7.76. The third kappa shape index (κ3) is 4.86. The fourth-order valence-corrected chi connectivity index (χ4v) is 2.45. The van der Waals surface area contributed by atoms with Gasteiger partial charge in [-0.05, 0) is 45.6 Å². The highest BCUT2D eigenvalue weighted by atomic mass is 19.1. The van der Waals surface area contributed by atoms with E-state index >= 15 is 0 Å². The maximum atomic E-state index is 13.5. The Bertz CT molecular complexity index is 540. The fourth-order valence-electron chi connectivity index (χ4n) is 2.45. The Morgan fingerprint density at radius 2 is 1.91 bits per heavy atom. The normalized spacial score (nSPS) is 17.0. The Labute approximate surface area is 131 Å². The molecule has 1 fully saturated rings. The summed E-state index contributed by atoms with van der Waals surface area (Å²) in [7, 11) is 0. The maximum absolute atomic E-state index is 13.5. The molecule has 0 radical (unpaired) electrons. The largest absolute Gasteiger partial charge is 0.444 e. The molecule has 2 rings (SSSR count). The van der Waals surface area contributed by atoms with Crippen LogP contribution in [0.15, 0.2) is 30.3 Å². The van der Waals surface area contributed by atoms with E-state index in [4.69, 9.17) is 4.74 Å². The van der Waals surface area contributed by atoms with Crippen LogP contribution in [0.1, 0.15) is 39.2 Å². The van der Waals surface area contributed by atoms with Crippen LogP contribution in [0.3, 0.4) is 0 Å². The molecule has 0 N–H and O–H groups in total. The number of nitrogens with zero attached hydrogens (tertiary/aromatic N) is 1. The van der Waals surface area contributed by atoms with E-state index in [2.05, 4.69) is 0 Å². The van der Waals surface area contributed by atoms with Gasteiger partial charge in [0.1, 0.15) is 11.4 Å². The molecule has 1 heterocycles. The molecule has 4 heteroatoms. The highest BCUT2D eigenvalue weighted by Gasteiger charge is 2.25. The van der Waals surface area contributed by atoms with E-state index in [-0.39, 0.29) is 11.9 Å². The summed E-state index contributed by atoms with van der Waals surface area (Å²) in [5.74, 6) is 0.170. The highest BCUT2D eigenvalue weighted by Crippen LogP contribution is 2.22. The van der Waals surface area contributed by atoms with Gasteiger partial charge >= 0.3 is 6.09 Å². The quantitative estimate of drug-likeness (QED) is 0.806. The van der Waals surface area contributed by atoms with Gasteiger partial charge in [-0.2, -0.15) is 0 Å². The third-order valence-corrected chi connectivity index (χ3v) is 3.64. The van der Waals surface area contributed by atoms with Crippen LogP contribution in [0.25, 0.3) is 6.08 Å². The molecule has 3 nitrogen and oxygen atoms in total. The number of carbonyl (C=O) groups excluding carboxylic acids is 1. The number of carbonyl (C=O) groups is 1. The number of halogens is 1. The molecule has 0 spiro atoms. The monoisotopic (exact) mass is 305 g/mol. The van der Waals surface area contributed by atoms with Crippen molar-refractivity contribution in [1.82, 2.24) is 4.90 Å². The lowest BCUT2D eigenvalue weighted by Crippen LogP contribution is -2.41. The summed E-state index contributed by atoms with van der Waals surface area (Å²) < 4.78 is 18.9. The molecule has 0 aliphatic carbocycles. The Morgan fingerprint density at radius 1 is 1.27 bits per heavy atom. The number of rotatable bonds is 2. The van der Waals surface area contributed by atoms with Crippen LogP contribution >= 0.6 is 0 Å². The lowest BCUT2D eigenvalue weighted by Gasteiger charge is -2.32. The maximum Gasteiger partial charge on any atom is 0.410 e. The Morgan fingerprint density at radius 3 is 2.50 bits per heavy atom. The van der Waals surface area contributed by atoms with E-state index in [1.807, 2.05) is 39.0 Å². The first kappa shape index (κ1) is 16.5. The zero-order valence-corrected chi connectivity index (χ0v) is 13.5. The van der Waals surface area contributed by atoms with Gasteiger partial charge in [-0.1, -0.05) is 30.4 Å². The van der Waals surface area contributed by atoms with Gasteiger partial charge in [0.05, 0.1) is 0 Å². The van der Waals surface area contributed by atoms with E-state index in [0.29, 0.717) is 24.6 Å². The lowest BCUT2D eigenvalue weighted by atomic mass is 9.96. The van der Waals surface area contributed by atoms with E-state index in [9.17, 15) is 9.18 Å². The molecule has 1 aliphatic rings. The number of ether oxygens (including phenoxy) is 1. The van der Waals surface area contributed by atoms with Crippen LogP contribution in [0, 0.1) is 11.7 Å². The topological polar surface area (TPSA) is 29.5 Å². The summed E-state index contributed by atoms with van der Waals surface area (Å²) in [4.78, 5) is 13.7. The Hall–Kier alpha value is -1.84. The second-order valence-corrected chi connectivity index (χ2v) is 6.69. The van der Waals surface area contributed by atoms with Crippen LogP contribution in [0.5, 0.6) is 0 Å². The van der Waals surface area contributed by atoms with Gasteiger partial charge in [0.25, 0.3) is 0 Å². The molecular formula is C18H24FNO2. The molecule has 0 atom stereocenters. The predicted octanol–water partition coefficient (Wildman–Crippen LogP) is 4.49. The smallest absolute Gasteiger partial charge is 0.410 e. The van der Waals surface area contributed by atoms with Crippen molar-refractivity contribution in [3.8, 4) is 0 Å².